The Morgan fingerprint density at radius 2 is 2.25 bits per heavy atom. The Kier molecular flexibility index (Phi) is 6.61. The second-order valence-electron chi connectivity index (χ2n) is 4.40. The summed E-state index contributed by atoms with van der Waals surface area (Å²) >= 11 is 5.99. The van der Waals surface area contributed by atoms with Gasteiger partial charge in [0.2, 0.25) is 0 Å². The van der Waals surface area contributed by atoms with Gasteiger partial charge in [-0.3, -0.25) is 4.79 Å². The Bertz CT molecular complexity index is 547. The zero-order chi connectivity index (χ0) is 15.0. The zero-order valence-corrected chi connectivity index (χ0v) is 12.4. The van der Waals surface area contributed by atoms with Crippen molar-refractivity contribution in [2.45, 2.75) is 26.7 Å². The lowest BCUT2D eigenvalue weighted by atomic mass is 10.2. The average Bonchev–Trinajstić information content (AvgIpc) is 2.43. The van der Waals surface area contributed by atoms with Crippen LogP contribution in [0.4, 0.5) is 5.69 Å². The minimum absolute atomic E-state index is 0.0396. The molecule has 0 aromatic heterocycles. The Morgan fingerprint density at radius 1 is 1.50 bits per heavy atom. The quantitative estimate of drug-likeness (QED) is 0.480. The van der Waals surface area contributed by atoms with Crippen LogP contribution in [0.3, 0.4) is 0 Å². The summed E-state index contributed by atoms with van der Waals surface area (Å²) in [5.41, 5.74) is 1.54. The highest BCUT2D eigenvalue weighted by molar-refractivity contribution is 6.31. The van der Waals surface area contributed by atoms with Gasteiger partial charge in [0.1, 0.15) is 11.6 Å². The molecule has 0 aliphatic heterocycles. The molecule has 0 aliphatic carbocycles. The molecule has 0 unspecified atom stereocenters. The molecule has 1 aromatic carbocycles. The monoisotopic (exact) mass is 291 g/mol. The molecule has 20 heavy (non-hydrogen) atoms. The van der Waals surface area contributed by atoms with Gasteiger partial charge in [-0.25, -0.2) is 0 Å². The van der Waals surface area contributed by atoms with E-state index in [9.17, 15) is 4.79 Å². The van der Waals surface area contributed by atoms with Gasteiger partial charge >= 0.3 is 0 Å². The first-order valence-corrected chi connectivity index (χ1v) is 6.87. The number of carbonyl (C=O) groups excluding carboxylic acids is 1. The van der Waals surface area contributed by atoms with E-state index in [-0.39, 0.29) is 5.57 Å². The van der Waals surface area contributed by atoms with Crippen molar-refractivity contribution in [1.29, 1.82) is 5.26 Å². The van der Waals surface area contributed by atoms with Gasteiger partial charge in [-0.2, -0.15) is 5.26 Å². The molecule has 2 N–H and O–H groups in total. The van der Waals surface area contributed by atoms with E-state index in [2.05, 4.69) is 17.6 Å². The maximum absolute atomic E-state index is 11.9. The number of hydrogen-bond acceptors (Lipinski definition) is 3. The maximum Gasteiger partial charge on any atom is 0.267 e. The number of anilines is 1. The van der Waals surface area contributed by atoms with Gasteiger partial charge in [-0.15, -0.1) is 0 Å². The van der Waals surface area contributed by atoms with E-state index in [1.807, 2.05) is 19.1 Å². The topological polar surface area (TPSA) is 64.9 Å². The fourth-order valence-corrected chi connectivity index (χ4v) is 1.65. The third-order valence-corrected chi connectivity index (χ3v) is 3.12. The molecule has 0 radical (unpaired) electrons. The van der Waals surface area contributed by atoms with Crippen LogP contribution in [0, 0.1) is 18.3 Å². The summed E-state index contributed by atoms with van der Waals surface area (Å²) in [6.07, 6.45) is 3.49. The summed E-state index contributed by atoms with van der Waals surface area (Å²) in [6.45, 7) is 4.70. The van der Waals surface area contributed by atoms with E-state index in [4.69, 9.17) is 16.9 Å². The first-order chi connectivity index (χ1) is 9.58. The van der Waals surface area contributed by atoms with Crippen LogP contribution < -0.4 is 10.6 Å². The summed E-state index contributed by atoms with van der Waals surface area (Å²) in [5, 5.41) is 15.2. The Morgan fingerprint density at radius 3 is 2.85 bits per heavy atom. The number of hydrogen-bond donors (Lipinski definition) is 2. The largest absolute Gasteiger partial charge is 0.390 e. The van der Waals surface area contributed by atoms with Gasteiger partial charge in [-0.05, 0) is 31.0 Å². The van der Waals surface area contributed by atoms with Crippen molar-refractivity contribution in [2.75, 3.05) is 11.9 Å². The van der Waals surface area contributed by atoms with E-state index in [1.54, 1.807) is 12.1 Å². The van der Waals surface area contributed by atoms with Crippen molar-refractivity contribution in [3.05, 3.63) is 40.6 Å². The van der Waals surface area contributed by atoms with Gasteiger partial charge in [0.25, 0.3) is 5.91 Å². The van der Waals surface area contributed by atoms with Crippen molar-refractivity contribution in [1.82, 2.24) is 5.32 Å². The summed E-state index contributed by atoms with van der Waals surface area (Å²) in [6, 6.07) is 7.10. The smallest absolute Gasteiger partial charge is 0.267 e. The van der Waals surface area contributed by atoms with Crippen LogP contribution in [0.1, 0.15) is 25.3 Å². The number of carbonyl (C=O) groups is 1. The first-order valence-electron chi connectivity index (χ1n) is 6.49. The number of nitrogens with one attached hydrogen (secondary N) is 2. The number of nitrogens with zero attached hydrogens (tertiary/aromatic N) is 1. The van der Waals surface area contributed by atoms with Crippen molar-refractivity contribution in [3.8, 4) is 6.07 Å². The minimum Gasteiger partial charge on any atom is -0.390 e. The fourth-order valence-electron chi connectivity index (χ4n) is 1.47. The highest BCUT2D eigenvalue weighted by Gasteiger charge is 2.09. The number of aryl methyl sites for hydroxylation is 1. The number of rotatable bonds is 6. The molecule has 106 valence electrons. The Hall–Kier alpha value is -1.99. The van der Waals surface area contributed by atoms with E-state index in [0.29, 0.717) is 10.7 Å². The molecule has 1 aromatic rings. The molecule has 0 spiro atoms. The van der Waals surface area contributed by atoms with E-state index in [1.165, 1.54) is 6.20 Å². The lowest BCUT2D eigenvalue weighted by molar-refractivity contribution is -0.112. The molecule has 0 saturated heterocycles. The third kappa shape index (κ3) is 4.94. The van der Waals surface area contributed by atoms with Crippen LogP contribution >= 0.6 is 11.6 Å². The van der Waals surface area contributed by atoms with Crippen molar-refractivity contribution in [3.63, 3.8) is 0 Å². The standard InChI is InChI=1S/C15H18ClN3O/c1-3-4-7-18-10-12(9-17)15(20)19-13-6-5-11(2)14(16)8-13/h5-6,8,10,18H,3-4,7H2,1-2H3,(H,19,20)/b12-10-. The van der Waals surface area contributed by atoms with E-state index < -0.39 is 5.91 Å². The van der Waals surface area contributed by atoms with Gasteiger partial charge in [0.05, 0.1) is 0 Å². The molecule has 0 atom stereocenters. The lowest BCUT2D eigenvalue weighted by Crippen LogP contribution is -2.17. The van der Waals surface area contributed by atoms with Crippen LogP contribution in [0.25, 0.3) is 0 Å². The second-order valence-corrected chi connectivity index (χ2v) is 4.80. The molecular formula is C15H18ClN3O. The van der Waals surface area contributed by atoms with Crippen LogP contribution in [-0.2, 0) is 4.79 Å². The number of benzene rings is 1. The average molecular weight is 292 g/mol. The fraction of sp³-hybridized carbons (Fsp3) is 0.333. The van der Waals surface area contributed by atoms with Crippen LogP contribution in [-0.4, -0.2) is 12.5 Å². The number of halogens is 1. The van der Waals surface area contributed by atoms with E-state index in [0.717, 1.165) is 24.9 Å². The first kappa shape index (κ1) is 16.1. The normalized spacial score (nSPS) is 10.8. The number of nitriles is 1. The second kappa shape index (κ2) is 8.23. The lowest BCUT2D eigenvalue weighted by Gasteiger charge is -2.06. The molecular weight excluding hydrogens is 274 g/mol. The van der Waals surface area contributed by atoms with Gasteiger partial charge in [-0.1, -0.05) is 31.0 Å². The molecule has 0 heterocycles. The van der Waals surface area contributed by atoms with Crippen LogP contribution in [0.15, 0.2) is 30.0 Å². The molecule has 0 fully saturated rings. The third-order valence-electron chi connectivity index (χ3n) is 2.72. The van der Waals surface area contributed by atoms with Crippen molar-refractivity contribution < 1.29 is 4.79 Å². The van der Waals surface area contributed by atoms with Gasteiger partial charge in [0.15, 0.2) is 0 Å². The van der Waals surface area contributed by atoms with Crippen LogP contribution in [0.5, 0.6) is 0 Å². The van der Waals surface area contributed by atoms with Crippen molar-refractivity contribution in [2.24, 2.45) is 0 Å². The number of unbranched alkanes of at least 4 members (excludes halogenated alkanes) is 1. The van der Waals surface area contributed by atoms with Gasteiger partial charge in [0, 0.05) is 23.5 Å². The SMILES string of the molecule is CCCCN/C=C(/C#N)C(=O)Nc1ccc(C)c(Cl)c1. The van der Waals surface area contributed by atoms with E-state index >= 15 is 0 Å². The number of amides is 1. The molecule has 1 rings (SSSR count). The minimum atomic E-state index is -0.448. The molecule has 4 nitrogen and oxygen atoms in total. The molecule has 5 heteroatoms. The molecule has 0 saturated carbocycles. The van der Waals surface area contributed by atoms with Crippen LogP contribution in [0.2, 0.25) is 5.02 Å². The Balaban J connectivity index is 2.67. The highest BCUT2D eigenvalue weighted by Crippen LogP contribution is 2.20. The Labute approximate surface area is 124 Å². The van der Waals surface area contributed by atoms with Crippen molar-refractivity contribution >= 4 is 23.2 Å². The molecule has 1 amide bonds. The summed E-state index contributed by atoms with van der Waals surface area (Å²) < 4.78 is 0. The molecule has 0 bridgehead atoms. The maximum atomic E-state index is 11.9. The molecule has 0 aliphatic rings. The summed E-state index contributed by atoms with van der Waals surface area (Å²) in [7, 11) is 0. The predicted molar refractivity (Wildman–Crippen MR) is 81.4 cm³/mol. The summed E-state index contributed by atoms with van der Waals surface area (Å²) in [4.78, 5) is 11.9. The highest BCUT2D eigenvalue weighted by atomic mass is 35.5. The van der Waals surface area contributed by atoms with Gasteiger partial charge < -0.3 is 10.6 Å². The zero-order valence-electron chi connectivity index (χ0n) is 11.7. The summed E-state index contributed by atoms with van der Waals surface area (Å²) in [5.74, 6) is -0.448. The predicted octanol–water partition coefficient (Wildman–Crippen LogP) is 3.38.